The van der Waals surface area contributed by atoms with Crippen LogP contribution in [-0.2, 0) is 0 Å². The van der Waals surface area contributed by atoms with Gasteiger partial charge in [0.1, 0.15) is 11.5 Å². The van der Waals surface area contributed by atoms with Crippen molar-refractivity contribution in [2.75, 3.05) is 6.54 Å². The molecule has 2 rings (SSSR count). The number of aryl methyl sites for hydroxylation is 2. The largest absolute Gasteiger partial charge is 0.466 e. The SMILES string of the molecule is CCNC(c1cc(C)oc1C)c1cccc(Cl)c1Cl. The summed E-state index contributed by atoms with van der Waals surface area (Å²) in [5, 5.41) is 4.59. The maximum atomic E-state index is 6.33. The van der Waals surface area contributed by atoms with E-state index in [0.717, 1.165) is 29.2 Å². The molecule has 0 aliphatic carbocycles. The number of nitrogens with one attached hydrogen (secondary N) is 1. The molecule has 0 aliphatic heterocycles. The lowest BCUT2D eigenvalue weighted by atomic mass is 9.99. The molecule has 1 heterocycles. The third kappa shape index (κ3) is 2.97. The molecule has 19 heavy (non-hydrogen) atoms. The fourth-order valence-corrected chi connectivity index (χ4v) is 2.69. The molecule has 0 amide bonds. The fraction of sp³-hybridized carbons (Fsp3) is 0.333. The van der Waals surface area contributed by atoms with Crippen LogP contribution in [0.2, 0.25) is 10.0 Å². The van der Waals surface area contributed by atoms with Crippen LogP contribution in [0.4, 0.5) is 0 Å². The highest BCUT2D eigenvalue weighted by Crippen LogP contribution is 2.35. The highest BCUT2D eigenvalue weighted by Gasteiger charge is 2.21. The summed E-state index contributed by atoms with van der Waals surface area (Å²) in [7, 11) is 0. The van der Waals surface area contributed by atoms with Gasteiger partial charge in [-0.1, -0.05) is 42.3 Å². The summed E-state index contributed by atoms with van der Waals surface area (Å²) < 4.78 is 5.62. The number of rotatable bonds is 4. The van der Waals surface area contributed by atoms with E-state index in [1.165, 1.54) is 0 Å². The minimum Gasteiger partial charge on any atom is -0.466 e. The van der Waals surface area contributed by atoms with Gasteiger partial charge in [-0.15, -0.1) is 0 Å². The second-order valence-electron chi connectivity index (χ2n) is 4.50. The summed E-state index contributed by atoms with van der Waals surface area (Å²) in [6, 6.07) is 7.73. The van der Waals surface area contributed by atoms with Gasteiger partial charge in [0.05, 0.1) is 16.1 Å². The van der Waals surface area contributed by atoms with Gasteiger partial charge in [0, 0.05) is 5.56 Å². The van der Waals surface area contributed by atoms with Crippen LogP contribution in [0.25, 0.3) is 0 Å². The first kappa shape index (κ1) is 14.4. The Morgan fingerprint density at radius 2 is 1.95 bits per heavy atom. The smallest absolute Gasteiger partial charge is 0.106 e. The highest BCUT2D eigenvalue weighted by molar-refractivity contribution is 6.42. The molecule has 1 atom stereocenters. The van der Waals surface area contributed by atoms with Crippen LogP contribution in [-0.4, -0.2) is 6.54 Å². The molecule has 0 radical (unpaired) electrons. The van der Waals surface area contributed by atoms with E-state index >= 15 is 0 Å². The van der Waals surface area contributed by atoms with E-state index in [1.54, 1.807) is 6.07 Å². The van der Waals surface area contributed by atoms with Gasteiger partial charge in [-0.2, -0.15) is 0 Å². The fourth-order valence-electron chi connectivity index (χ4n) is 2.27. The van der Waals surface area contributed by atoms with Crippen molar-refractivity contribution in [3.8, 4) is 0 Å². The van der Waals surface area contributed by atoms with Crippen molar-refractivity contribution < 1.29 is 4.42 Å². The Balaban J connectivity index is 2.51. The first-order valence-corrected chi connectivity index (χ1v) is 7.04. The predicted molar refractivity (Wildman–Crippen MR) is 80.2 cm³/mol. The Bertz CT molecular complexity index is 578. The second kappa shape index (κ2) is 6.00. The molecule has 0 aliphatic rings. The molecule has 0 fully saturated rings. The van der Waals surface area contributed by atoms with Crippen molar-refractivity contribution in [3.63, 3.8) is 0 Å². The summed E-state index contributed by atoms with van der Waals surface area (Å²) >= 11 is 12.4. The van der Waals surface area contributed by atoms with Crippen LogP contribution < -0.4 is 5.32 Å². The summed E-state index contributed by atoms with van der Waals surface area (Å²) in [6.45, 7) is 6.80. The van der Waals surface area contributed by atoms with Crippen molar-refractivity contribution in [2.45, 2.75) is 26.8 Å². The molecule has 0 saturated heterocycles. The van der Waals surface area contributed by atoms with Crippen molar-refractivity contribution in [1.82, 2.24) is 5.32 Å². The van der Waals surface area contributed by atoms with Gasteiger partial charge in [0.25, 0.3) is 0 Å². The van der Waals surface area contributed by atoms with E-state index < -0.39 is 0 Å². The number of benzene rings is 1. The first-order valence-electron chi connectivity index (χ1n) is 6.28. The van der Waals surface area contributed by atoms with Gasteiger partial charge < -0.3 is 9.73 Å². The Morgan fingerprint density at radius 1 is 1.21 bits per heavy atom. The van der Waals surface area contributed by atoms with E-state index in [2.05, 4.69) is 12.2 Å². The minimum atomic E-state index is -0.00588. The molecule has 2 aromatic rings. The zero-order valence-corrected chi connectivity index (χ0v) is 12.8. The number of furan rings is 1. The maximum Gasteiger partial charge on any atom is 0.106 e. The highest BCUT2D eigenvalue weighted by atomic mass is 35.5. The maximum absolute atomic E-state index is 6.33. The average Bonchev–Trinajstić information content (AvgIpc) is 2.69. The van der Waals surface area contributed by atoms with Crippen molar-refractivity contribution in [1.29, 1.82) is 0 Å². The molecule has 1 unspecified atom stereocenters. The van der Waals surface area contributed by atoms with Crippen LogP contribution >= 0.6 is 23.2 Å². The van der Waals surface area contributed by atoms with Crippen LogP contribution in [0.1, 0.15) is 35.6 Å². The van der Waals surface area contributed by atoms with E-state index in [4.69, 9.17) is 27.6 Å². The molecule has 102 valence electrons. The summed E-state index contributed by atoms with van der Waals surface area (Å²) in [5.41, 5.74) is 2.07. The van der Waals surface area contributed by atoms with Gasteiger partial charge in [0.2, 0.25) is 0 Å². The van der Waals surface area contributed by atoms with E-state index in [0.29, 0.717) is 10.0 Å². The summed E-state index contributed by atoms with van der Waals surface area (Å²) in [6.07, 6.45) is 0. The molecular weight excluding hydrogens is 281 g/mol. The Hall–Kier alpha value is -0.960. The zero-order valence-electron chi connectivity index (χ0n) is 11.3. The topological polar surface area (TPSA) is 25.2 Å². The average molecular weight is 298 g/mol. The number of hydrogen-bond donors (Lipinski definition) is 1. The van der Waals surface area contributed by atoms with Gasteiger partial charge in [-0.25, -0.2) is 0 Å². The molecular formula is C15H17Cl2NO. The summed E-state index contributed by atoms with van der Waals surface area (Å²) in [4.78, 5) is 0. The lowest BCUT2D eigenvalue weighted by molar-refractivity contribution is 0.495. The molecule has 2 nitrogen and oxygen atoms in total. The Morgan fingerprint density at radius 3 is 2.53 bits per heavy atom. The van der Waals surface area contributed by atoms with Gasteiger partial charge in [-0.05, 0) is 38.1 Å². The third-order valence-corrected chi connectivity index (χ3v) is 3.92. The van der Waals surface area contributed by atoms with Gasteiger partial charge >= 0.3 is 0 Å². The van der Waals surface area contributed by atoms with Crippen LogP contribution in [0.3, 0.4) is 0 Å². The second-order valence-corrected chi connectivity index (χ2v) is 5.29. The molecule has 4 heteroatoms. The quantitative estimate of drug-likeness (QED) is 0.868. The van der Waals surface area contributed by atoms with Crippen molar-refractivity contribution in [3.05, 3.63) is 57.0 Å². The standard InChI is InChI=1S/C15H17Cl2NO/c1-4-18-15(12-8-9(2)19-10(12)3)11-6-5-7-13(16)14(11)17/h5-8,15,18H,4H2,1-3H3. The van der Waals surface area contributed by atoms with Crippen molar-refractivity contribution in [2.24, 2.45) is 0 Å². The van der Waals surface area contributed by atoms with Gasteiger partial charge in [-0.3, -0.25) is 0 Å². The Labute approximate surface area is 123 Å². The minimum absolute atomic E-state index is 0.00588. The molecule has 0 spiro atoms. The number of halogens is 2. The first-order chi connectivity index (χ1) is 9.04. The van der Waals surface area contributed by atoms with Gasteiger partial charge in [0.15, 0.2) is 0 Å². The van der Waals surface area contributed by atoms with Crippen LogP contribution in [0.5, 0.6) is 0 Å². The summed E-state index contributed by atoms with van der Waals surface area (Å²) in [5.74, 6) is 1.80. The predicted octanol–water partition coefficient (Wildman–Crippen LogP) is 4.90. The van der Waals surface area contributed by atoms with E-state index in [-0.39, 0.29) is 6.04 Å². The van der Waals surface area contributed by atoms with Crippen LogP contribution in [0.15, 0.2) is 28.7 Å². The van der Waals surface area contributed by atoms with E-state index in [1.807, 2.05) is 32.0 Å². The zero-order chi connectivity index (χ0) is 14.0. The monoisotopic (exact) mass is 297 g/mol. The molecule has 1 aromatic heterocycles. The molecule has 1 N–H and O–H groups in total. The lowest BCUT2D eigenvalue weighted by Crippen LogP contribution is -2.22. The molecule has 0 bridgehead atoms. The van der Waals surface area contributed by atoms with E-state index in [9.17, 15) is 0 Å². The normalized spacial score (nSPS) is 12.7. The third-order valence-electron chi connectivity index (χ3n) is 3.09. The van der Waals surface area contributed by atoms with Crippen molar-refractivity contribution >= 4 is 23.2 Å². The number of hydrogen-bond acceptors (Lipinski definition) is 2. The van der Waals surface area contributed by atoms with Crippen LogP contribution in [0, 0.1) is 13.8 Å². The lowest BCUT2D eigenvalue weighted by Gasteiger charge is -2.19. The molecule has 1 aromatic carbocycles. The molecule has 0 saturated carbocycles. The Kier molecular flexibility index (Phi) is 4.56.